The molecule has 1 atom stereocenters. The Labute approximate surface area is 152 Å². The average molecular weight is 356 g/mol. The van der Waals surface area contributed by atoms with E-state index in [1.807, 2.05) is 36.0 Å². The van der Waals surface area contributed by atoms with Crippen molar-refractivity contribution in [2.75, 3.05) is 5.32 Å². The number of hydrogen-bond donors (Lipinski definition) is 1. The number of carbonyl (C=O) groups is 1. The minimum absolute atomic E-state index is 0.440. The van der Waals surface area contributed by atoms with Crippen LogP contribution in [-0.4, -0.2) is 21.3 Å². The Bertz CT molecular complexity index is 800. The first kappa shape index (κ1) is 18.0. The van der Waals surface area contributed by atoms with Crippen LogP contribution >= 0.6 is 0 Å². The molecule has 1 amide bonds. The summed E-state index contributed by atoms with van der Waals surface area (Å²) in [6.07, 6.45) is 11.2. The van der Waals surface area contributed by atoms with E-state index < -0.39 is 0 Å². The Morgan fingerprint density at radius 2 is 2.15 bits per heavy atom. The molecule has 1 aliphatic carbocycles. The van der Waals surface area contributed by atoms with E-state index in [9.17, 15) is 4.79 Å². The van der Waals surface area contributed by atoms with E-state index in [1.165, 1.54) is 25.7 Å². The maximum absolute atomic E-state index is 10.3. The molecule has 26 heavy (non-hydrogen) atoms. The molecule has 3 heterocycles. The molecule has 7 heteroatoms. The largest absolute Gasteiger partial charge is 0.461 e. The van der Waals surface area contributed by atoms with Gasteiger partial charge in [0.15, 0.2) is 5.76 Å². The molecule has 0 saturated heterocycles. The second kappa shape index (κ2) is 8.51. The number of carbonyl (C=O) groups excluding carboxylic acids is 1. The summed E-state index contributed by atoms with van der Waals surface area (Å²) in [7, 11) is 0. The monoisotopic (exact) mass is 356 g/mol. The highest BCUT2D eigenvalue weighted by Crippen LogP contribution is 2.33. The third-order valence-corrected chi connectivity index (χ3v) is 4.72. The fourth-order valence-corrected chi connectivity index (χ4v) is 3.26. The number of anilines is 1. The van der Waals surface area contributed by atoms with E-state index in [-0.39, 0.29) is 0 Å². The minimum Gasteiger partial charge on any atom is -0.461 e. The van der Waals surface area contributed by atoms with Crippen LogP contribution in [-0.2, 0) is 4.79 Å². The molecule has 0 bridgehead atoms. The van der Waals surface area contributed by atoms with Crippen LogP contribution in [0.5, 0.6) is 0 Å². The van der Waals surface area contributed by atoms with Crippen LogP contribution in [0.2, 0.25) is 0 Å². The van der Waals surface area contributed by atoms with Crippen molar-refractivity contribution in [2.24, 2.45) is 5.92 Å². The summed E-state index contributed by atoms with van der Waals surface area (Å²) in [6, 6.07) is 5.92. The zero-order chi connectivity index (χ0) is 18.4. The molecular weight excluding hydrogens is 332 g/mol. The van der Waals surface area contributed by atoms with Gasteiger partial charge in [0.2, 0.25) is 12.2 Å². The van der Waals surface area contributed by atoms with Crippen molar-refractivity contribution in [3.05, 3.63) is 42.5 Å². The summed E-state index contributed by atoms with van der Waals surface area (Å²) in [5.41, 5.74) is 1.63. The zero-order valence-electron chi connectivity index (χ0n) is 15.1. The number of aryl methyl sites for hydroxylation is 1. The fraction of sp³-hybridized carbons (Fsp3) is 0.421. The summed E-state index contributed by atoms with van der Waals surface area (Å²) in [4.78, 5) is 10.3. The predicted octanol–water partition coefficient (Wildman–Crippen LogP) is 4.45. The third-order valence-electron chi connectivity index (χ3n) is 4.72. The van der Waals surface area contributed by atoms with Crippen molar-refractivity contribution >= 4 is 12.1 Å². The van der Waals surface area contributed by atoms with Crippen LogP contribution in [0.3, 0.4) is 0 Å². The highest BCUT2D eigenvalue weighted by molar-refractivity contribution is 5.70. The molecular formula is C19H24N4O3. The molecule has 138 valence electrons. The number of rotatable bonds is 5. The van der Waals surface area contributed by atoms with Gasteiger partial charge in [-0.1, -0.05) is 18.0 Å². The van der Waals surface area contributed by atoms with E-state index in [4.69, 9.17) is 8.94 Å². The average Bonchev–Trinajstić information content (AvgIpc) is 3.41. The third kappa shape index (κ3) is 4.41. The normalized spacial score (nSPS) is 15.3. The van der Waals surface area contributed by atoms with Gasteiger partial charge >= 0.3 is 0 Å². The van der Waals surface area contributed by atoms with Crippen LogP contribution in [0.25, 0.3) is 11.5 Å². The van der Waals surface area contributed by atoms with Gasteiger partial charge in [0, 0.05) is 12.3 Å². The quantitative estimate of drug-likeness (QED) is 0.683. The number of nitrogens with zero attached hydrogens (tertiary/aromatic N) is 3. The molecule has 1 N–H and O–H groups in total. The van der Waals surface area contributed by atoms with Crippen molar-refractivity contribution in [3.8, 4) is 11.5 Å². The van der Waals surface area contributed by atoms with Gasteiger partial charge in [-0.15, -0.1) is 0 Å². The maximum Gasteiger partial charge on any atom is 0.211 e. The van der Waals surface area contributed by atoms with Gasteiger partial charge in [0.1, 0.15) is 0 Å². The first-order valence-electron chi connectivity index (χ1n) is 8.89. The second-order valence-electron chi connectivity index (χ2n) is 6.57. The highest BCUT2D eigenvalue weighted by Gasteiger charge is 2.23. The molecule has 0 aliphatic heterocycles. The fourth-order valence-electron chi connectivity index (χ4n) is 3.26. The topological polar surface area (TPSA) is 86.1 Å². The molecule has 4 rings (SSSR count). The lowest BCUT2D eigenvalue weighted by Crippen LogP contribution is -2.14. The van der Waals surface area contributed by atoms with E-state index in [0.717, 1.165) is 17.3 Å². The molecule has 0 radical (unpaired) electrons. The molecule has 1 aliphatic rings. The van der Waals surface area contributed by atoms with Crippen LogP contribution in [0.4, 0.5) is 5.69 Å². The van der Waals surface area contributed by atoms with Gasteiger partial charge < -0.3 is 14.3 Å². The van der Waals surface area contributed by atoms with Gasteiger partial charge in [-0.05, 0) is 44.7 Å². The molecule has 0 aromatic carbocycles. The Morgan fingerprint density at radius 3 is 2.77 bits per heavy atom. The first-order chi connectivity index (χ1) is 12.7. The Morgan fingerprint density at radius 1 is 1.35 bits per heavy atom. The smallest absolute Gasteiger partial charge is 0.211 e. The molecule has 3 aromatic rings. The molecule has 1 unspecified atom stereocenters. The maximum atomic E-state index is 10.3. The SMILES string of the molecule is CC(C1CCCC1)n1cc(NC=O)cn1.Cc1cc(-c2ccco2)on1. The summed E-state index contributed by atoms with van der Waals surface area (Å²) >= 11 is 0. The van der Waals surface area contributed by atoms with Crippen LogP contribution < -0.4 is 5.32 Å². The standard InChI is InChI=1S/C11H17N3O.C8H7NO2/c1-9(10-4-2-3-5-10)14-7-11(6-13-14)12-8-15;1-6-5-8(11-9-6)7-3-2-4-10-7/h6-10H,2-5H2,1H3,(H,12,15);2-5H,1H3. The number of furan rings is 1. The van der Waals surface area contributed by atoms with Gasteiger partial charge in [-0.3, -0.25) is 9.48 Å². The van der Waals surface area contributed by atoms with Crippen LogP contribution in [0.15, 0.2) is 45.8 Å². The van der Waals surface area contributed by atoms with Crippen molar-refractivity contribution in [3.63, 3.8) is 0 Å². The number of aromatic nitrogens is 3. The molecule has 1 saturated carbocycles. The first-order valence-corrected chi connectivity index (χ1v) is 8.89. The Hall–Kier alpha value is -2.83. The van der Waals surface area contributed by atoms with Gasteiger partial charge in [0.25, 0.3) is 0 Å². The lowest BCUT2D eigenvalue weighted by molar-refractivity contribution is -0.105. The van der Waals surface area contributed by atoms with Gasteiger partial charge in [0.05, 0.1) is 29.9 Å². The molecule has 7 nitrogen and oxygen atoms in total. The molecule has 1 fully saturated rings. The van der Waals surface area contributed by atoms with Gasteiger partial charge in [-0.2, -0.15) is 5.10 Å². The highest BCUT2D eigenvalue weighted by atomic mass is 16.5. The number of hydrogen-bond acceptors (Lipinski definition) is 5. The van der Waals surface area contributed by atoms with Crippen molar-refractivity contribution in [1.29, 1.82) is 0 Å². The van der Waals surface area contributed by atoms with Gasteiger partial charge in [-0.25, -0.2) is 0 Å². The number of nitrogens with one attached hydrogen (secondary N) is 1. The molecule has 0 spiro atoms. The predicted molar refractivity (Wildman–Crippen MR) is 97.5 cm³/mol. The van der Waals surface area contributed by atoms with E-state index in [0.29, 0.717) is 24.0 Å². The van der Waals surface area contributed by atoms with E-state index >= 15 is 0 Å². The zero-order valence-corrected chi connectivity index (χ0v) is 15.1. The summed E-state index contributed by atoms with van der Waals surface area (Å²) < 4.78 is 12.0. The Balaban J connectivity index is 0.000000158. The lowest BCUT2D eigenvalue weighted by Gasteiger charge is -2.18. The number of amides is 1. The summed E-state index contributed by atoms with van der Waals surface area (Å²) in [5.74, 6) is 2.13. The minimum atomic E-state index is 0.440. The van der Waals surface area contributed by atoms with Crippen molar-refractivity contribution in [2.45, 2.75) is 45.6 Å². The van der Waals surface area contributed by atoms with Crippen LogP contribution in [0, 0.1) is 12.8 Å². The van der Waals surface area contributed by atoms with Crippen molar-refractivity contribution < 1.29 is 13.7 Å². The summed E-state index contributed by atoms with van der Waals surface area (Å²) in [6.45, 7) is 4.07. The Kier molecular flexibility index (Phi) is 5.88. The van der Waals surface area contributed by atoms with E-state index in [2.05, 4.69) is 22.5 Å². The van der Waals surface area contributed by atoms with Crippen LogP contribution in [0.1, 0.15) is 44.3 Å². The molecule has 3 aromatic heterocycles. The summed E-state index contributed by atoms with van der Waals surface area (Å²) in [5, 5.41) is 10.6. The van der Waals surface area contributed by atoms with Crippen molar-refractivity contribution in [1.82, 2.24) is 14.9 Å². The van der Waals surface area contributed by atoms with E-state index in [1.54, 1.807) is 12.5 Å². The lowest BCUT2D eigenvalue weighted by atomic mass is 10.0. The second-order valence-corrected chi connectivity index (χ2v) is 6.57.